The molecule has 2 aliphatic rings. The van der Waals surface area contributed by atoms with Crippen LogP contribution in [-0.4, -0.2) is 39.1 Å². The Balaban J connectivity index is 1.48. The molecule has 2 N–H and O–H groups in total. The summed E-state index contributed by atoms with van der Waals surface area (Å²) in [7, 11) is 0. The Hall–Kier alpha value is -3.23. The molecule has 0 spiro atoms. The van der Waals surface area contributed by atoms with Crippen molar-refractivity contribution in [2.75, 3.05) is 18.0 Å². The van der Waals surface area contributed by atoms with Gasteiger partial charge in [-0.25, -0.2) is 4.98 Å². The number of amides is 2. The fraction of sp³-hybridized carbons (Fsp3) is 0.286. The highest BCUT2D eigenvalue weighted by molar-refractivity contribution is 8.26. The van der Waals surface area contributed by atoms with Crippen LogP contribution >= 0.6 is 24.0 Å². The lowest BCUT2D eigenvalue weighted by Crippen LogP contribution is -2.39. The molecule has 5 rings (SSSR count). The van der Waals surface area contributed by atoms with Gasteiger partial charge in [-0.1, -0.05) is 65.4 Å². The summed E-state index contributed by atoms with van der Waals surface area (Å²) in [5.74, 6) is 0.381. The van der Waals surface area contributed by atoms with Gasteiger partial charge in [0.1, 0.15) is 10.1 Å². The number of nitrogens with zero attached hydrogens (tertiary/aromatic N) is 3. The maximum atomic E-state index is 13.4. The molecule has 0 atom stereocenters. The third-order valence-corrected chi connectivity index (χ3v) is 8.17. The third kappa shape index (κ3) is 5.01. The second-order valence-electron chi connectivity index (χ2n) is 9.51. The monoisotopic (exact) mass is 516 g/mol. The lowest BCUT2D eigenvalue weighted by molar-refractivity contribution is -0.123. The number of rotatable bonds is 5. The van der Waals surface area contributed by atoms with Crippen LogP contribution in [0.2, 0.25) is 0 Å². The van der Waals surface area contributed by atoms with Gasteiger partial charge in [0, 0.05) is 30.0 Å². The molecule has 2 fully saturated rings. The predicted octanol–water partition coefficient (Wildman–Crippen LogP) is 4.95. The van der Waals surface area contributed by atoms with Crippen molar-refractivity contribution >= 4 is 62.9 Å². The van der Waals surface area contributed by atoms with E-state index in [2.05, 4.69) is 24.0 Å². The number of thioether (sulfide) groups is 1. The smallest absolute Gasteiger partial charge is 0.266 e. The summed E-state index contributed by atoms with van der Waals surface area (Å²) in [5.41, 5.74) is 10.7. The van der Waals surface area contributed by atoms with Crippen molar-refractivity contribution in [2.24, 2.45) is 11.7 Å². The summed E-state index contributed by atoms with van der Waals surface area (Å²) in [5, 5.41) is 1.02. The van der Waals surface area contributed by atoms with E-state index in [1.54, 1.807) is 4.90 Å². The van der Waals surface area contributed by atoms with Gasteiger partial charge in [-0.2, -0.15) is 0 Å². The number of aromatic nitrogens is 1. The highest BCUT2D eigenvalue weighted by atomic mass is 32.2. The molecule has 6 nitrogen and oxygen atoms in total. The van der Waals surface area contributed by atoms with E-state index < -0.39 is 0 Å². The minimum absolute atomic E-state index is 0.0895. The van der Waals surface area contributed by atoms with E-state index in [0.717, 1.165) is 33.4 Å². The number of aryl methyl sites for hydroxylation is 2. The molecule has 3 aromatic rings. The number of carbonyl (C=O) groups excluding carboxylic acids is 2. The number of carbonyl (C=O) groups is 2. The minimum Gasteiger partial charge on any atom is -0.369 e. The molecule has 2 aliphatic heterocycles. The van der Waals surface area contributed by atoms with E-state index in [0.29, 0.717) is 41.7 Å². The Morgan fingerprint density at radius 3 is 2.50 bits per heavy atom. The predicted molar refractivity (Wildman–Crippen MR) is 151 cm³/mol. The molecule has 2 amide bonds. The summed E-state index contributed by atoms with van der Waals surface area (Å²) in [4.78, 5) is 34.5. The summed E-state index contributed by atoms with van der Waals surface area (Å²) < 4.78 is 0.556. The highest BCUT2D eigenvalue weighted by Crippen LogP contribution is 2.36. The molecule has 1 aromatic heterocycles. The first-order valence-corrected chi connectivity index (χ1v) is 13.3. The number of fused-ring (bicyclic) bond motifs is 1. The number of thiocarbonyl (C=S) groups is 1. The Bertz CT molecular complexity index is 1390. The first kappa shape index (κ1) is 24.5. The standard InChI is InChI=1S/C28H28N4O2S2/c1-17-3-6-19(7-4-17)16-32-27(34)24(36-28(32)35)15-22-14-21-13-18(2)5-8-23(21)30-26(22)31-11-9-20(10-12-31)25(29)33/h3-8,13-15,20H,9-12,16H2,1-2H3,(H2,29,33)/b24-15-. The molecule has 8 heteroatoms. The van der Waals surface area contributed by atoms with E-state index in [4.69, 9.17) is 22.9 Å². The number of pyridine rings is 1. The van der Waals surface area contributed by atoms with Gasteiger partial charge in [-0.3, -0.25) is 14.5 Å². The Labute approximate surface area is 220 Å². The van der Waals surface area contributed by atoms with Crippen LogP contribution in [0.3, 0.4) is 0 Å². The lowest BCUT2D eigenvalue weighted by Gasteiger charge is -2.32. The van der Waals surface area contributed by atoms with Crippen molar-refractivity contribution in [1.29, 1.82) is 0 Å². The van der Waals surface area contributed by atoms with Crippen LogP contribution in [0.4, 0.5) is 5.82 Å². The summed E-state index contributed by atoms with van der Waals surface area (Å²) in [6.45, 7) is 5.92. The van der Waals surface area contributed by atoms with Crippen LogP contribution in [0.15, 0.2) is 53.4 Å². The first-order valence-electron chi connectivity index (χ1n) is 12.0. The second-order valence-corrected chi connectivity index (χ2v) is 11.2. The van der Waals surface area contributed by atoms with Gasteiger partial charge in [-0.05, 0) is 56.5 Å². The van der Waals surface area contributed by atoms with Crippen LogP contribution in [0, 0.1) is 19.8 Å². The molecule has 184 valence electrons. The van der Waals surface area contributed by atoms with Gasteiger partial charge < -0.3 is 10.6 Å². The highest BCUT2D eigenvalue weighted by Gasteiger charge is 2.33. The normalized spacial score (nSPS) is 18.0. The maximum absolute atomic E-state index is 13.4. The van der Waals surface area contributed by atoms with Gasteiger partial charge in [0.05, 0.1) is 17.0 Å². The number of hydrogen-bond acceptors (Lipinski definition) is 6. The molecule has 0 unspecified atom stereocenters. The molecule has 3 heterocycles. The molecule has 0 aliphatic carbocycles. The number of benzene rings is 2. The van der Waals surface area contributed by atoms with Gasteiger partial charge in [-0.15, -0.1) is 0 Å². The Morgan fingerprint density at radius 1 is 1.11 bits per heavy atom. The zero-order chi connectivity index (χ0) is 25.4. The zero-order valence-corrected chi connectivity index (χ0v) is 22.0. The summed E-state index contributed by atoms with van der Waals surface area (Å²) >= 11 is 6.91. The number of anilines is 1. The Kier molecular flexibility index (Phi) is 6.81. The fourth-order valence-corrected chi connectivity index (χ4v) is 5.94. The number of piperidine rings is 1. The summed E-state index contributed by atoms with van der Waals surface area (Å²) in [6, 6.07) is 16.4. The molecular weight excluding hydrogens is 488 g/mol. The van der Waals surface area contributed by atoms with Gasteiger partial charge in [0.2, 0.25) is 5.91 Å². The van der Waals surface area contributed by atoms with E-state index in [9.17, 15) is 9.59 Å². The summed E-state index contributed by atoms with van der Waals surface area (Å²) in [6.07, 6.45) is 3.31. The SMILES string of the molecule is Cc1ccc(CN2C(=O)/C(=C/c3cc4cc(C)ccc4nc3N3CCC(C(N)=O)CC3)SC2=S)cc1. The van der Waals surface area contributed by atoms with Gasteiger partial charge in [0.15, 0.2) is 0 Å². The maximum Gasteiger partial charge on any atom is 0.266 e. The third-order valence-electron chi connectivity index (χ3n) is 6.80. The molecule has 36 heavy (non-hydrogen) atoms. The number of nitrogens with two attached hydrogens (primary N) is 1. The van der Waals surface area contributed by atoms with Crippen LogP contribution in [0.25, 0.3) is 17.0 Å². The molecular formula is C28H28N4O2S2. The van der Waals surface area contributed by atoms with E-state index in [1.165, 1.54) is 17.3 Å². The molecule has 0 saturated carbocycles. The van der Waals surface area contributed by atoms with Gasteiger partial charge in [0.25, 0.3) is 5.91 Å². The largest absolute Gasteiger partial charge is 0.369 e. The van der Waals surface area contributed by atoms with Crippen LogP contribution in [0.5, 0.6) is 0 Å². The van der Waals surface area contributed by atoms with Crippen molar-refractivity contribution in [3.05, 3.63) is 75.7 Å². The van der Waals surface area contributed by atoms with Crippen molar-refractivity contribution in [3.63, 3.8) is 0 Å². The van der Waals surface area contributed by atoms with Crippen molar-refractivity contribution in [1.82, 2.24) is 9.88 Å². The zero-order valence-electron chi connectivity index (χ0n) is 20.4. The van der Waals surface area contributed by atoms with E-state index >= 15 is 0 Å². The molecule has 0 radical (unpaired) electrons. The van der Waals surface area contributed by atoms with E-state index in [-0.39, 0.29) is 17.7 Å². The van der Waals surface area contributed by atoms with Crippen LogP contribution < -0.4 is 10.6 Å². The average Bonchev–Trinajstić information content (AvgIpc) is 3.12. The van der Waals surface area contributed by atoms with Crippen molar-refractivity contribution in [3.8, 4) is 0 Å². The van der Waals surface area contributed by atoms with Crippen LogP contribution in [0.1, 0.15) is 35.1 Å². The first-order chi connectivity index (χ1) is 17.3. The Morgan fingerprint density at radius 2 is 1.81 bits per heavy atom. The quantitative estimate of drug-likeness (QED) is 0.382. The number of hydrogen-bond donors (Lipinski definition) is 1. The topological polar surface area (TPSA) is 79.5 Å². The van der Waals surface area contributed by atoms with Gasteiger partial charge >= 0.3 is 0 Å². The lowest BCUT2D eigenvalue weighted by atomic mass is 9.96. The average molecular weight is 517 g/mol. The van der Waals surface area contributed by atoms with Crippen molar-refractivity contribution < 1.29 is 9.59 Å². The minimum atomic E-state index is -0.242. The van der Waals surface area contributed by atoms with Crippen molar-refractivity contribution in [2.45, 2.75) is 33.2 Å². The van der Waals surface area contributed by atoms with Crippen LogP contribution in [-0.2, 0) is 16.1 Å². The molecule has 0 bridgehead atoms. The fourth-order valence-electron chi connectivity index (χ4n) is 4.69. The molecule has 2 saturated heterocycles. The molecule has 2 aromatic carbocycles. The van der Waals surface area contributed by atoms with E-state index in [1.807, 2.05) is 49.4 Å². The number of primary amides is 1. The second kappa shape index (κ2) is 10.0.